The number of rotatable bonds is 5. The predicted molar refractivity (Wildman–Crippen MR) is 63.3 cm³/mol. The number of hydrogen-bond acceptors (Lipinski definition) is 1. The van der Waals surface area contributed by atoms with Crippen LogP contribution in [0, 0.1) is 0 Å². The first-order valence-corrected chi connectivity index (χ1v) is 5.66. The van der Waals surface area contributed by atoms with Crippen LogP contribution in [0.25, 0.3) is 0 Å². The molecule has 0 aliphatic carbocycles. The van der Waals surface area contributed by atoms with Gasteiger partial charge in [-0.25, -0.2) is 0 Å². The SMILES string of the molecule is CCCCCNC(=O)c1ccccc1Cl. The van der Waals surface area contributed by atoms with Crippen LogP contribution in [-0.2, 0) is 0 Å². The summed E-state index contributed by atoms with van der Waals surface area (Å²) in [6, 6.07) is 7.09. The van der Waals surface area contributed by atoms with Gasteiger partial charge in [-0.2, -0.15) is 0 Å². The average Bonchev–Trinajstić information content (AvgIpc) is 2.25. The van der Waals surface area contributed by atoms with Crippen molar-refractivity contribution in [2.75, 3.05) is 6.54 Å². The van der Waals surface area contributed by atoms with Gasteiger partial charge in [-0.1, -0.05) is 43.5 Å². The number of carbonyl (C=O) groups is 1. The highest BCUT2D eigenvalue weighted by Gasteiger charge is 2.07. The number of nitrogens with one attached hydrogen (secondary N) is 1. The van der Waals surface area contributed by atoms with Crippen LogP contribution in [0.1, 0.15) is 36.5 Å². The van der Waals surface area contributed by atoms with Gasteiger partial charge in [0.05, 0.1) is 10.6 Å². The van der Waals surface area contributed by atoms with Crippen molar-refractivity contribution < 1.29 is 4.79 Å². The van der Waals surface area contributed by atoms with Gasteiger partial charge < -0.3 is 5.32 Å². The van der Waals surface area contributed by atoms with Gasteiger partial charge in [-0.15, -0.1) is 0 Å². The monoisotopic (exact) mass is 225 g/mol. The summed E-state index contributed by atoms with van der Waals surface area (Å²) in [5.41, 5.74) is 0.552. The molecule has 1 rings (SSSR count). The minimum absolute atomic E-state index is 0.0864. The van der Waals surface area contributed by atoms with E-state index >= 15 is 0 Å². The van der Waals surface area contributed by atoms with Gasteiger partial charge in [0.1, 0.15) is 0 Å². The maximum atomic E-state index is 11.6. The fraction of sp³-hybridized carbons (Fsp3) is 0.417. The molecule has 0 spiro atoms. The first-order valence-electron chi connectivity index (χ1n) is 5.28. The summed E-state index contributed by atoms with van der Waals surface area (Å²) in [5, 5.41) is 3.36. The molecule has 82 valence electrons. The molecular weight excluding hydrogens is 210 g/mol. The van der Waals surface area contributed by atoms with Crippen molar-refractivity contribution in [2.24, 2.45) is 0 Å². The third-order valence-electron chi connectivity index (χ3n) is 2.18. The topological polar surface area (TPSA) is 29.1 Å². The lowest BCUT2D eigenvalue weighted by molar-refractivity contribution is 0.0953. The summed E-state index contributed by atoms with van der Waals surface area (Å²) < 4.78 is 0. The number of unbranched alkanes of at least 4 members (excludes halogenated alkanes) is 2. The molecule has 0 atom stereocenters. The number of carbonyl (C=O) groups excluding carboxylic acids is 1. The lowest BCUT2D eigenvalue weighted by Crippen LogP contribution is -2.24. The van der Waals surface area contributed by atoms with Gasteiger partial charge >= 0.3 is 0 Å². The van der Waals surface area contributed by atoms with E-state index in [0.29, 0.717) is 10.6 Å². The predicted octanol–water partition coefficient (Wildman–Crippen LogP) is 3.26. The standard InChI is InChI=1S/C12H16ClNO/c1-2-3-6-9-14-12(15)10-7-4-5-8-11(10)13/h4-5,7-8H,2-3,6,9H2,1H3,(H,14,15). The number of hydrogen-bond donors (Lipinski definition) is 1. The Hall–Kier alpha value is -1.02. The van der Waals surface area contributed by atoms with Crippen molar-refractivity contribution in [3.63, 3.8) is 0 Å². The minimum atomic E-state index is -0.0864. The van der Waals surface area contributed by atoms with Crippen molar-refractivity contribution in [3.8, 4) is 0 Å². The van der Waals surface area contributed by atoms with Crippen LogP contribution < -0.4 is 5.32 Å². The van der Waals surface area contributed by atoms with Crippen LogP contribution in [0.15, 0.2) is 24.3 Å². The van der Waals surface area contributed by atoms with E-state index in [0.717, 1.165) is 25.8 Å². The van der Waals surface area contributed by atoms with Crippen LogP contribution in [0.4, 0.5) is 0 Å². The lowest BCUT2D eigenvalue weighted by Gasteiger charge is -2.05. The Labute approximate surface area is 95.6 Å². The van der Waals surface area contributed by atoms with E-state index < -0.39 is 0 Å². The summed E-state index contributed by atoms with van der Waals surface area (Å²) in [6.07, 6.45) is 3.32. The first kappa shape index (κ1) is 12.1. The molecule has 0 saturated heterocycles. The molecule has 0 aliphatic rings. The maximum absolute atomic E-state index is 11.6. The van der Waals surface area contributed by atoms with Crippen LogP contribution in [0.2, 0.25) is 5.02 Å². The molecule has 0 radical (unpaired) electrons. The highest BCUT2D eigenvalue weighted by Crippen LogP contribution is 2.14. The molecular formula is C12H16ClNO. The zero-order valence-electron chi connectivity index (χ0n) is 8.92. The van der Waals surface area contributed by atoms with Crippen molar-refractivity contribution >= 4 is 17.5 Å². The smallest absolute Gasteiger partial charge is 0.252 e. The first-order chi connectivity index (χ1) is 7.25. The van der Waals surface area contributed by atoms with Gasteiger partial charge in [0.15, 0.2) is 0 Å². The third-order valence-corrected chi connectivity index (χ3v) is 2.51. The summed E-state index contributed by atoms with van der Waals surface area (Å²) in [6.45, 7) is 2.85. The van der Waals surface area contributed by atoms with Crippen molar-refractivity contribution in [3.05, 3.63) is 34.9 Å². The van der Waals surface area contributed by atoms with Crippen LogP contribution in [0.3, 0.4) is 0 Å². The number of benzene rings is 1. The largest absolute Gasteiger partial charge is 0.352 e. The molecule has 1 aromatic rings. The lowest BCUT2D eigenvalue weighted by atomic mass is 10.2. The van der Waals surface area contributed by atoms with Gasteiger partial charge in [0, 0.05) is 6.54 Å². The summed E-state index contributed by atoms with van der Waals surface area (Å²) in [7, 11) is 0. The molecule has 1 aromatic carbocycles. The molecule has 0 aromatic heterocycles. The summed E-state index contributed by atoms with van der Waals surface area (Å²) >= 11 is 5.90. The Bertz CT molecular complexity index is 325. The molecule has 0 unspecified atom stereocenters. The number of amides is 1. The van der Waals surface area contributed by atoms with E-state index in [1.54, 1.807) is 12.1 Å². The van der Waals surface area contributed by atoms with Gasteiger partial charge in [0.25, 0.3) is 5.91 Å². The van der Waals surface area contributed by atoms with E-state index in [1.165, 1.54) is 0 Å². The fourth-order valence-electron chi connectivity index (χ4n) is 1.32. The quantitative estimate of drug-likeness (QED) is 0.766. The molecule has 3 heteroatoms. The van der Waals surface area contributed by atoms with Gasteiger partial charge in [0.2, 0.25) is 0 Å². The fourth-order valence-corrected chi connectivity index (χ4v) is 1.54. The molecule has 0 bridgehead atoms. The normalized spacial score (nSPS) is 10.0. The van der Waals surface area contributed by atoms with Gasteiger partial charge in [-0.05, 0) is 18.6 Å². The highest BCUT2D eigenvalue weighted by atomic mass is 35.5. The summed E-state index contributed by atoms with van der Waals surface area (Å²) in [4.78, 5) is 11.6. The molecule has 1 amide bonds. The second kappa shape index (κ2) is 6.46. The second-order valence-corrected chi connectivity index (χ2v) is 3.85. The molecule has 15 heavy (non-hydrogen) atoms. The van der Waals surface area contributed by atoms with E-state index in [9.17, 15) is 4.79 Å². The molecule has 0 heterocycles. The van der Waals surface area contributed by atoms with E-state index in [2.05, 4.69) is 12.2 Å². The van der Waals surface area contributed by atoms with E-state index in [-0.39, 0.29) is 5.91 Å². The van der Waals surface area contributed by atoms with Crippen molar-refractivity contribution in [2.45, 2.75) is 26.2 Å². The van der Waals surface area contributed by atoms with Crippen LogP contribution in [-0.4, -0.2) is 12.5 Å². The highest BCUT2D eigenvalue weighted by molar-refractivity contribution is 6.33. The second-order valence-electron chi connectivity index (χ2n) is 3.44. The molecule has 0 fully saturated rings. The minimum Gasteiger partial charge on any atom is -0.352 e. The molecule has 2 nitrogen and oxygen atoms in total. The Morgan fingerprint density at radius 1 is 1.33 bits per heavy atom. The van der Waals surface area contributed by atoms with E-state index in [4.69, 9.17) is 11.6 Å². The third kappa shape index (κ3) is 3.92. The average molecular weight is 226 g/mol. The maximum Gasteiger partial charge on any atom is 0.252 e. The molecule has 1 N–H and O–H groups in total. The summed E-state index contributed by atoms with van der Waals surface area (Å²) in [5.74, 6) is -0.0864. The van der Waals surface area contributed by atoms with E-state index in [1.807, 2.05) is 12.1 Å². The zero-order valence-corrected chi connectivity index (χ0v) is 9.68. The Kier molecular flexibility index (Phi) is 5.19. The van der Waals surface area contributed by atoms with Crippen LogP contribution in [0.5, 0.6) is 0 Å². The van der Waals surface area contributed by atoms with Crippen molar-refractivity contribution in [1.29, 1.82) is 0 Å². The van der Waals surface area contributed by atoms with Crippen molar-refractivity contribution in [1.82, 2.24) is 5.32 Å². The molecule has 0 aliphatic heterocycles. The number of halogens is 1. The zero-order chi connectivity index (χ0) is 11.1. The molecule has 0 saturated carbocycles. The Balaban J connectivity index is 2.44. The Morgan fingerprint density at radius 3 is 2.73 bits per heavy atom. The van der Waals surface area contributed by atoms with Gasteiger partial charge in [-0.3, -0.25) is 4.79 Å². The Morgan fingerprint density at radius 2 is 2.07 bits per heavy atom. The van der Waals surface area contributed by atoms with Crippen LogP contribution >= 0.6 is 11.6 Å².